The number of phenols is 1. The zero-order valence-electron chi connectivity index (χ0n) is 18.4. The van der Waals surface area contributed by atoms with Crippen LogP contribution >= 0.6 is 15.9 Å². The lowest BCUT2D eigenvalue weighted by atomic mass is 9.42. The first-order valence-electron chi connectivity index (χ1n) is 11.3. The van der Waals surface area contributed by atoms with Gasteiger partial charge in [0.1, 0.15) is 5.75 Å². The van der Waals surface area contributed by atoms with Gasteiger partial charge in [-0.1, -0.05) is 29.8 Å². The third-order valence-corrected chi connectivity index (χ3v) is 8.47. The molecule has 4 fully saturated rings. The van der Waals surface area contributed by atoms with Gasteiger partial charge >= 0.3 is 0 Å². The van der Waals surface area contributed by atoms with Crippen molar-refractivity contribution in [3.63, 3.8) is 0 Å². The number of hydrazone groups is 1. The van der Waals surface area contributed by atoms with Crippen molar-refractivity contribution >= 4 is 33.7 Å². The van der Waals surface area contributed by atoms with Crippen molar-refractivity contribution < 1.29 is 14.8 Å². The number of nitrogens with zero attached hydrogens (tertiary/aromatic N) is 2. The number of rotatable bonds is 5. The number of nitrogens with one attached hydrogen (secondary N) is 1. The molecule has 6 rings (SSSR count). The number of non-ortho nitro benzene ring substituents is 1. The lowest BCUT2D eigenvalue weighted by Crippen LogP contribution is -2.58. The molecule has 4 aliphatic rings. The summed E-state index contributed by atoms with van der Waals surface area (Å²) in [5.74, 6) is 0.832. The Hall–Kier alpha value is -2.74. The molecular formula is C25H26BrN3O4. The van der Waals surface area contributed by atoms with Gasteiger partial charge in [0.05, 0.1) is 21.0 Å². The molecule has 4 saturated carbocycles. The Morgan fingerprint density at radius 1 is 1.21 bits per heavy atom. The fourth-order valence-corrected chi connectivity index (χ4v) is 7.32. The predicted octanol–water partition coefficient (Wildman–Crippen LogP) is 5.36. The molecule has 1 amide bonds. The number of carbonyl (C=O) groups is 1. The van der Waals surface area contributed by atoms with Crippen LogP contribution in [0.3, 0.4) is 0 Å². The highest BCUT2D eigenvalue weighted by atomic mass is 79.9. The summed E-state index contributed by atoms with van der Waals surface area (Å²) in [4.78, 5) is 24.0. The maximum atomic E-state index is 13.4. The highest BCUT2D eigenvalue weighted by molar-refractivity contribution is 9.10. The highest BCUT2D eigenvalue weighted by Crippen LogP contribution is 2.65. The number of aryl methyl sites for hydroxylation is 1. The Morgan fingerprint density at radius 2 is 1.88 bits per heavy atom. The second kappa shape index (κ2) is 7.94. The van der Waals surface area contributed by atoms with Crippen LogP contribution in [0.2, 0.25) is 0 Å². The van der Waals surface area contributed by atoms with Crippen molar-refractivity contribution in [2.75, 3.05) is 0 Å². The second-order valence-corrected chi connectivity index (χ2v) is 11.1. The van der Waals surface area contributed by atoms with Gasteiger partial charge in [0, 0.05) is 17.7 Å². The van der Waals surface area contributed by atoms with E-state index in [1.54, 1.807) is 0 Å². The van der Waals surface area contributed by atoms with E-state index < -0.39 is 10.3 Å². The molecule has 2 unspecified atom stereocenters. The molecule has 2 aromatic carbocycles. The number of aromatic hydroxyl groups is 1. The van der Waals surface area contributed by atoms with E-state index in [4.69, 9.17) is 0 Å². The summed E-state index contributed by atoms with van der Waals surface area (Å²) >= 11 is 3.12. The van der Waals surface area contributed by atoms with Crippen molar-refractivity contribution in [2.45, 2.75) is 50.9 Å². The van der Waals surface area contributed by atoms with E-state index in [0.29, 0.717) is 11.8 Å². The Kier molecular flexibility index (Phi) is 5.31. The minimum absolute atomic E-state index is 0.0437. The lowest BCUT2D eigenvalue weighted by Gasteiger charge is -2.61. The van der Waals surface area contributed by atoms with Crippen LogP contribution < -0.4 is 5.43 Å². The molecular weight excluding hydrogens is 486 g/mol. The first-order chi connectivity index (χ1) is 15.7. The Balaban J connectivity index is 1.38. The second-order valence-electron chi connectivity index (χ2n) is 10.2. The lowest BCUT2D eigenvalue weighted by molar-refractivity contribution is -0.385. The largest absolute Gasteiger partial charge is 0.506 e. The quantitative estimate of drug-likeness (QED) is 0.320. The van der Waals surface area contributed by atoms with Gasteiger partial charge in [0.2, 0.25) is 5.91 Å². The molecule has 0 radical (unpaired) electrons. The van der Waals surface area contributed by atoms with Crippen LogP contribution in [0, 0.1) is 34.3 Å². The third kappa shape index (κ3) is 3.84. The number of nitro groups is 1. The van der Waals surface area contributed by atoms with Gasteiger partial charge in [-0.2, -0.15) is 5.10 Å². The first kappa shape index (κ1) is 22.1. The molecule has 8 heteroatoms. The number of phenolic OH excluding ortho intramolecular Hbond substituents is 1. The summed E-state index contributed by atoms with van der Waals surface area (Å²) in [5, 5.41) is 25.4. The number of nitro benzene ring substituents is 1. The van der Waals surface area contributed by atoms with Crippen molar-refractivity contribution in [1.82, 2.24) is 5.43 Å². The normalized spacial score (nSPS) is 30.0. The zero-order valence-corrected chi connectivity index (χ0v) is 20.0. The van der Waals surface area contributed by atoms with Crippen molar-refractivity contribution in [1.29, 1.82) is 0 Å². The molecule has 7 nitrogen and oxygen atoms in total. The minimum atomic E-state index is -0.542. The van der Waals surface area contributed by atoms with Gasteiger partial charge in [-0.25, -0.2) is 5.43 Å². The van der Waals surface area contributed by atoms with Gasteiger partial charge in [0.25, 0.3) is 5.69 Å². The van der Waals surface area contributed by atoms with E-state index in [1.807, 2.05) is 0 Å². The monoisotopic (exact) mass is 511 g/mol. The molecule has 172 valence electrons. The van der Waals surface area contributed by atoms with Crippen LogP contribution in [0.25, 0.3) is 0 Å². The molecule has 0 saturated heterocycles. The molecule has 2 aromatic rings. The van der Waals surface area contributed by atoms with E-state index in [1.165, 1.54) is 35.9 Å². The van der Waals surface area contributed by atoms with E-state index >= 15 is 0 Å². The van der Waals surface area contributed by atoms with Gasteiger partial charge in [-0.15, -0.1) is 0 Å². The highest BCUT2D eigenvalue weighted by Gasteiger charge is 2.60. The third-order valence-electron chi connectivity index (χ3n) is 7.86. The van der Waals surface area contributed by atoms with Crippen molar-refractivity contribution in [3.05, 3.63) is 67.7 Å². The molecule has 0 aromatic heterocycles. The topological polar surface area (TPSA) is 105 Å². The van der Waals surface area contributed by atoms with E-state index in [2.05, 4.69) is 57.6 Å². The van der Waals surface area contributed by atoms with Crippen LogP contribution in [0.5, 0.6) is 5.75 Å². The summed E-state index contributed by atoms with van der Waals surface area (Å²) in [6.45, 7) is 2.09. The molecule has 2 N–H and O–H groups in total. The predicted molar refractivity (Wildman–Crippen MR) is 128 cm³/mol. The molecule has 0 heterocycles. The van der Waals surface area contributed by atoms with Gasteiger partial charge in [-0.3, -0.25) is 14.9 Å². The maximum absolute atomic E-state index is 13.4. The van der Waals surface area contributed by atoms with Crippen LogP contribution in [0.1, 0.15) is 55.2 Å². The Morgan fingerprint density at radius 3 is 2.52 bits per heavy atom. The van der Waals surface area contributed by atoms with E-state index in [-0.39, 0.29) is 32.8 Å². The Labute approximate surface area is 200 Å². The van der Waals surface area contributed by atoms with E-state index in [0.717, 1.165) is 32.1 Å². The number of hydrogen-bond acceptors (Lipinski definition) is 5. The average molecular weight is 512 g/mol. The fourth-order valence-electron chi connectivity index (χ4n) is 6.86. The SMILES string of the molecule is Cc1ccc(C23CC4CC(CC(C(=O)NN=Cc5cc([N+](=O)[O-])cc(Br)c5O)(C4)C2)C3)cc1. The standard InChI is InChI=1S/C25H26BrN3O4/c1-15-2-4-19(5-3-15)24-9-16-6-17(10-24)12-25(11-16,14-24)23(31)28-27-13-18-7-20(29(32)33)8-21(26)22(18)30/h2-5,7-8,13,16-17,30H,6,9-12,14H2,1H3,(H,28,31). The van der Waals surface area contributed by atoms with Crippen molar-refractivity contribution in [2.24, 2.45) is 22.4 Å². The van der Waals surface area contributed by atoms with E-state index in [9.17, 15) is 20.0 Å². The molecule has 4 aliphatic carbocycles. The number of halogens is 1. The summed E-state index contributed by atoms with van der Waals surface area (Å²) in [6, 6.07) is 11.2. The van der Waals surface area contributed by atoms with Crippen LogP contribution in [-0.2, 0) is 10.2 Å². The molecule has 33 heavy (non-hydrogen) atoms. The summed E-state index contributed by atoms with van der Waals surface area (Å²) < 4.78 is 0.200. The maximum Gasteiger partial charge on any atom is 0.271 e. The molecule has 0 spiro atoms. The van der Waals surface area contributed by atoms with Gasteiger partial charge < -0.3 is 5.11 Å². The summed E-state index contributed by atoms with van der Waals surface area (Å²) in [6.07, 6.45) is 7.33. The van der Waals surface area contributed by atoms with Gasteiger partial charge in [0.15, 0.2) is 0 Å². The zero-order chi connectivity index (χ0) is 23.4. The van der Waals surface area contributed by atoms with Crippen LogP contribution in [0.4, 0.5) is 5.69 Å². The minimum Gasteiger partial charge on any atom is -0.506 e. The Bertz CT molecular complexity index is 1150. The summed E-state index contributed by atoms with van der Waals surface area (Å²) in [7, 11) is 0. The average Bonchev–Trinajstić information content (AvgIpc) is 2.75. The fraction of sp³-hybridized carbons (Fsp3) is 0.440. The van der Waals surface area contributed by atoms with Crippen LogP contribution in [-0.4, -0.2) is 22.2 Å². The molecule has 2 atom stereocenters. The number of benzene rings is 2. The molecule has 4 bridgehead atoms. The molecule has 0 aliphatic heterocycles. The first-order valence-corrected chi connectivity index (χ1v) is 12.1. The number of hydrogen-bond donors (Lipinski definition) is 2. The smallest absolute Gasteiger partial charge is 0.271 e. The van der Waals surface area contributed by atoms with Crippen molar-refractivity contribution in [3.8, 4) is 5.75 Å². The number of carbonyl (C=O) groups excluding carboxylic acids is 1. The number of amides is 1. The summed E-state index contributed by atoms with van der Waals surface area (Å²) in [5.41, 5.74) is 4.86. The van der Waals surface area contributed by atoms with Gasteiger partial charge in [-0.05, 0) is 84.2 Å². The van der Waals surface area contributed by atoms with Crippen LogP contribution in [0.15, 0.2) is 46.0 Å².